The molecule has 4 aliphatic rings. The molecule has 2 saturated carbocycles. The van der Waals surface area contributed by atoms with Gasteiger partial charge < -0.3 is 4.18 Å². The Balaban J connectivity index is 1.52. The summed E-state index contributed by atoms with van der Waals surface area (Å²) in [5.41, 5.74) is 5.58. The van der Waals surface area contributed by atoms with E-state index in [1.54, 1.807) is 5.57 Å². The first-order chi connectivity index (χ1) is 12.9. The normalized spacial score (nSPS) is 37.1. The first-order valence-corrected chi connectivity index (χ1v) is 11.6. The van der Waals surface area contributed by atoms with Crippen LogP contribution in [0.5, 0.6) is 5.75 Å². The lowest BCUT2D eigenvalue weighted by atomic mass is 9.55. The van der Waals surface area contributed by atoms with Gasteiger partial charge >= 0.3 is 10.3 Å². The summed E-state index contributed by atoms with van der Waals surface area (Å²) in [7, 11) is -3.81. The zero-order chi connectivity index (χ0) is 18.8. The standard InChI is InChI=1S/C22H27NO3S/c1-3-4-16-6-8-20-18-7-5-14-12-21-15(13-23-27(24,25)26-21)11-19(14)17(18)9-10-22(16,20)2/h4,11-13,17-18,20H,3,5-10H2,1-2H3/b16-4+/t17-,18+,20-,22+/m0/s1. The topological polar surface area (TPSA) is 55.7 Å². The first-order valence-electron chi connectivity index (χ1n) is 10.3. The lowest BCUT2D eigenvalue weighted by Gasteiger charge is -2.49. The quantitative estimate of drug-likeness (QED) is 0.644. The van der Waals surface area contributed by atoms with Crippen molar-refractivity contribution in [3.8, 4) is 5.75 Å². The Morgan fingerprint density at radius 3 is 2.93 bits per heavy atom. The summed E-state index contributed by atoms with van der Waals surface area (Å²) in [5.74, 6) is 2.55. The minimum atomic E-state index is -3.81. The third kappa shape index (κ3) is 2.61. The number of aryl methyl sites for hydroxylation is 1. The summed E-state index contributed by atoms with van der Waals surface area (Å²) in [4.78, 5) is 0. The van der Waals surface area contributed by atoms with Gasteiger partial charge in [0.15, 0.2) is 5.75 Å². The smallest absolute Gasteiger partial charge is 0.365 e. The van der Waals surface area contributed by atoms with E-state index in [0.29, 0.717) is 17.1 Å². The van der Waals surface area contributed by atoms with Crippen molar-refractivity contribution < 1.29 is 12.6 Å². The van der Waals surface area contributed by atoms with E-state index in [0.717, 1.165) is 30.2 Å². The Labute approximate surface area is 162 Å². The summed E-state index contributed by atoms with van der Waals surface area (Å²) in [6.45, 7) is 4.76. The molecule has 4 atom stereocenters. The largest absolute Gasteiger partial charge is 0.428 e. The second-order valence-electron chi connectivity index (χ2n) is 8.88. The molecule has 0 spiro atoms. The van der Waals surface area contributed by atoms with Crippen LogP contribution in [0.2, 0.25) is 0 Å². The molecule has 1 aromatic rings. The van der Waals surface area contributed by atoms with Crippen molar-refractivity contribution in [1.29, 1.82) is 0 Å². The van der Waals surface area contributed by atoms with Crippen LogP contribution in [0.25, 0.3) is 0 Å². The maximum Gasteiger partial charge on any atom is 0.428 e. The molecule has 1 aromatic carbocycles. The lowest BCUT2D eigenvalue weighted by molar-refractivity contribution is 0.0812. The number of benzene rings is 1. The highest BCUT2D eigenvalue weighted by atomic mass is 32.2. The SMILES string of the molecule is CC/C=C1\CC[C@H]2[C@@H]3CCc4cc5c(cc4[C@H]3CC[C@]12C)C=NS(=O)(=O)O5. The van der Waals surface area contributed by atoms with E-state index in [9.17, 15) is 8.42 Å². The minimum absolute atomic E-state index is 0.390. The van der Waals surface area contributed by atoms with Crippen LogP contribution in [0, 0.1) is 17.3 Å². The van der Waals surface area contributed by atoms with Gasteiger partial charge in [-0.2, -0.15) is 8.42 Å². The molecule has 0 unspecified atom stereocenters. The molecule has 0 amide bonds. The maximum atomic E-state index is 11.6. The molecule has 0 saturated heterocycles. The van der Waals surface area contributed by atoms with E-state index in [4.69, 9.17) is 4.18 Å². The van der Waals surface area contributed by atoms with Crippen LogP contribution in [-0.2, 0) is 16.7 Å². The van der Waals surface area contributed by atoms with Gasteiger partial charge in [0.25, 0.3) is 0 Å². The van der Waals surface area contributed by atoms with Gasteiger partial charge in [-0.15, -0.1) is 4.40 Å². The van der Waals surface area contributed by atoms with Crippen molar-refractivity contribution in [3.63, 3.8) is 0 Å². The van der Waals surface area contributed by atoms with E-state index < -0.39 is 10.3 Å². The van der Waals surface area contributed by atoms with Crippen LogP contribution < -0.4 is 4.18 Å². The molecule has 0 bridgehead atoms. The van der Waals surface area contributed by atoms with Crippen LogP contribution in [0.3, 0.4) is 0 Å². The zero-order valence-electron chi connectivity index (χ0n) is 16.1. The van der Waals surface area contributed by atoms with Crippen molar-refractivity contribution in [2.45, 2.75) is 64.7 Å². The average Bonchev–Trinajstić information content (AvgIpc) is 2.96. The van der Waals surface area contributed by atoms with Crippen LogP contribution >= 0.6 is 0 Å². The highest BCUT2D eigenvalue weighted by Gasteiger charge is 2.52. The zero-order valence-corrected chi connectivity index (χ0v) is 16.9. The molecule has 3 aliphatic carbocycles. The molecule has 0 N–H and O–H groups in total. The average molecular weight is 386 g/mol. The van der Waals surface area contributed by atoms with Gasteiger partial charge in [-0.05, 0) is 91.4 Å². The summed E-state index contributed by atoms with van der Waals surface area (Å²) >= 11 is 0. The first kappa shape index (κ1) is 17.5. The van der Waals surface area contributed by atoms with Crippen LogP contribution in [0.1, 0.15) is 75.0 Å². The van der Waals surface area contributed by atoms with Gasteiger partial charge in [0.1, 0.15) is 0 Å². The summed E-state index contributed by atoms with van der Waals surface area (Å²) in [5, 5.41) is 0. The van der Waals surface area contributed by atoms with Gasteiger partial charge in [-0.1, -0.05) is 25.5 Å². The predicted molar refractivity (Wildman–Crippen MR) is 107 cm³/mol. The number of allylic oxidation sites excluding steroid dienone is 2. The van der Waals surface area contributed by atoms with E-state index in [1.807, 2.05) is 6.07 Å². The second kappa shape index (κ2) is 5.94. The summed E-state index contributed by atoms with van der Waals surface area (Å²) in [6.07, 6.45) is 12.4. The molecule has 27 heavy (non-hydrogen) atoms. The minimum Gasteiger partial charge on any atom is -0.365 e. The lowest BCUT2D eigenvalue weighted by Crippen LogP contribution is -2.40. The molecule has 4 nitrogen and oxygen atoms in total. The summed E-state index contributed by atoms with van der Waals surface area (Å²) in [6, 6.07) is 4.11. The Kier molecular flexibility index (Phi) is 3.84. The Bertz CT molecular complexity index is 962. The molecule has 144 valence electrons. The van der Waals surface area contributed by atoms with Crippen LogP contribution in [0.15, 0.2) is 28.2 Å². The Morgan fingerprint density at radius 1 is 1.26 bits per heavy atom. The van der Waals surface area contributed by atoms with Crippen molar-refractivity contribution in [2.75, 3.05) is 0 Å². The van der Waals surface area contributed by atoms with Crippen molar-refractivity contribution in [1.82, 2.24) is 0 Å². The van der Waals surface area contributed by atoms with Crippen molar-refractivity contribution in [3.05, 3.63) is 40.5 Å². The molecule has 1 heterocycles. The highest BCUT2D eigenvalue weighted by Crippen LogP contribution is 2.63. The number of hydrogen-bond acceptors (Lipinski definition) is 3. The van der Waals surface area contributed by atoms with Crippen molar-refractivity contribution in [2.24, 2.45) is 21.6 Å². The maximum absolute atomic E-state index is 11.6. The fourth-order valence-corrected chi connectivity index (χ4v) is 7.13. The predicted octanol–water partition coefficient (Wildman–Crippen LogP) is 4.94. The fraction of sp³-hybridized carbons (Fsp3) is 0.591. The second-order valence-corrected chi connectivity index (χ2v) is 10.1. The Morgan fingerprint density at radius 2 is 2.11 bits per heavy atom. The van der Waals surface area contributed by atoms with Gasteiger partial charge in [-0.25, -0.2) is 0 Å². The van der Waals surface area contributed by atoms with E-state index in [2.05, 4.69) is 30.4 Å². The number of hydrogen-bond donors (Lipinski definition) is 0. The van der Waals surface area contributed by atoms with E-state index in [-0.39, 0.29) is 0 Å². The van der Waals surface area contributed by atoms with Gasteiger partial charge in [0.05, 0.1) is 6.21 Å². The number of fused-ring (bicyclic) bond motifs is 6. The van der Waals surface area contributed by atoms with Crippen LogP contribution in [0.4, 0.5) is 0 Å². The fourth-order valence-electron chi connectivity index (χ4n) is 6.48. The molecular formula is C22H27NO3S. The molecule has 5 rings (SSSR count). The number of nitrogens with zero attached hydrogens (tertiary/aromatic N) is 1. The molecular weight excluding hydrogens is 358 g/mol. The number of rotatable bonds is 1. The third-order valence-corrected chi connectivity index (χ3v) is 8.42. The van der Waals surface area contributed by atoms with E-state index >= 15 is 0 Å². The monoisotopic (exact) mass is 385 g/mol. The molecule has 5 heteroatoms. The van der Waals surface area contributed by atoms with Crippen molar-refractivity contribution >= 4 is 16.5 Å². The van der Waals surface area contributed by atoms with E-state index in [1.165, 1.54) is 49.4 Å². The molecule has 1 aliphatic heterocycles. The Hall–Kier alpha value is -1.62. The van der Waals surface area contributed by atoms with Crippen LogP contribution in [-0.4, -0.2) is 14.6 Å². The summed E-state index contributed by atoms with van der Waals surface area (Å²) < 4.78 is 31.9. The van der Waals surface area contributed by atoms with Gasteiger partial charge in [-0.3, -0.25) is 0 Å². The third-order valence-electron chi connectivity index (χ3n) is 7.67. The molecule has 0 radical (unpaired) electrons. The molecule has 0 aromatic heterocycles. The van der Waals surface area contributed by atoms with Gasteiger partial charge in [0.2, 0.25) is 0 Å². The van der Waals surface area contributed by atoms with Gasteiger partial charge in [0, 0.05) is 5.56 Å². The highest BCUT2D eigenvalue weighted by molar-refractivity contribution is 7.86. The molecule has 2 fully saturated rings.